The molecule has 0 saturated carbocycles. The van der Waals surface area contributed by atoms with Gasteiger partial charge in [0.1, 0.15) is 5.75 Å². The van der Waals surface area contributed by atoms with Gasteiger partial charge in [-0.1, -0.05) is 52.2 Å². The molecule has 21 heavy (non-hydrogen) atoms. The molecule has 1 heterocycles. The highest BCUT2D eigenvalue weighted by atomic mass is 16.3. The molecule has 2 rings (SSSR count). The lowest BCUT2D eigenvalue weighted by Crippen LogP contribution is -2.47. The fourth-order valence-electron chi connectivity index (χ4n) is 3.57. The van der Waals surface area contributed by atoms with Crippen molar-refractivity contribution in [3.63, 3.8) is 0 Å². The summed E-state index contributed by atoms with van der Waals surface area (Å²) in [7, 11) is 0. The molecule has 0 radical (unpaired) electrons. The summed E-state index contributed by atoms with van der Waals surface area (Å²) >= 11 is 0. The Hall–Kier alpha value is -1.02. The minimum atomic E-state index is 0.193. The number of unbranched alkanes of at least 4 members (excludes halogenated alkanes) is 3. The Labute approximate surface area is 130 Å². The van der Waals surface area contributed by atoms with Crippen molar-refractivity contribution < 1.29 is 5.11 Å². The van der Waals surface area contributed by atoms with E-state index in [0.29, 0.717) is 11.7 Å². The van der Waals surface area contributed by atoms with Gasteiger partial charge >= 0.3 is 0 Å². The lowest BCUT2D eigenvalue weighted by Gasteiger charge is -2.45. The van der Waals surface area contributed by atoms with Gasteiger partial charge in [-0.25, -0.2) is 0 Å². The summed E-state index contributed by atoms with van der Waals surface area (Å²) in [4.78, 5) is 2.63. The predicted molar refractivity (Wildman–Crippen MR) is 89.8 cm³/mol. The third-order valence-corrected chi connectivity index (χ3v) is 5.40. The van der Waals surface area contributed by atoms with Gasteiger partial charge < -0.3 is 10.0 Å². The molecule has 0 spiro atoms. The van der Waals surface area contributed by atoms with Gasteiger partial charge in [0, 0.05) is 6.54 Å². The zero-order chi connectivity index (χ0) is 15.3. The zero-order valence-electron chi connectivity index (χ0n) is 13.9. The van der Waals surface area contributed by atoms with Gasteiger partial charge in [-0.05, 0) is 55.0 Å². The van der Waals surface area contributed by atoms with Crippen molar-refractivity contribution in [2.75, 3.05) is 19.6 Å². The Morgan fingerprint density at radius 1 is 1.29 bits per heavy atom. The molecule has 1 aliphatic heterocycles. The van der Waals surface area contributed by atoms with Crippen molar-refractivity contribution in [2.24, 2.45) is 5.92 Å². The standard InChI is InChI=1S/C19H31NO/c1-4-5-6-7-12-20-13-11-19(3,16(2)15-20)17-9-8-10-18(21)14-17/h8-10,14,16,21H,4-7,11-13,15H2,1-3H3. The van der Waals surface area contributed by atoms with Crippen LogP contribution in [0.2, 0.25) is 0 Å². The molecule has 1 aliphatic rings. The molecule has 1 N–H and O–H groups in total. The molecule has 0 amide bonds. The number of hydrogen-bond donors (Lipinski definition) is 1. The van der Waals surface area contributed by atoms with Crippen LogP contribution in [-0.2, 0) is 5.41 Å². The second kappa shape index (κ2) is 7.31. The van der Waals surface area contributed by atoms with Gasteiger partial charge in [-0.15, -0.1) is 0 Å². The summed E-state index contributed by atoms with van der Waals surface area (Å²) in [5, 5.41) is 9.75. The monoisotopic (exact) mass is 289 g/mol. The molecule has 0 aliphatic carbocycles. The van der Waals surface area contributed by atoms with Gasteiger partial charge in [0.2, 0.25) is 0 Å². The summed E-state index contributed by atoms with van der Waals surface area (Å²) in [5.74, 6) is 1.02. The maximum absolute atomic E-state index is 9.75. The maximum atomic E-state index is 9.75. The summed E-state index contributed by atoms with van der Waals surface area (Å²) in [6.07, 6.45) is 6.57. The molecular formula is C19H31NO. The van der Waals surface area contributed by atoms with E-state index in [0.717, 1.165) is 0 Å². The first kappa shape index (κ1) is 16.4. The van der Waals surface area contributed by atoms with E-state index >= 15 is 0 Å². The largest absolute Gasteiger partial charge is 0.508 e. The van der Waals surface area contributed by atoms with Crippen molar-refractivity contribution in [3.8, 4) is 5.75 Å². The van der Waals surface area contributed by atoms with Gasteiger partial charge in [0.15, 0.2) is 0 Å². The molecule has 1 fully saturated rings. The highest BCUT2D eigenvalue weighted by Crippen LogP contribution is 2.40. The van der Waals surface area contributed by atoms with Crippen molar-refractivity contribution in [1.82, 2.24) is 4.90 Å². The van der Waals surface area contributed by atoms with E-state index in [2.05, 4.69) is 31.7 Å². The topological polar surface area (TPSA) is 23.5 Å². The van der Waals surface area contributed by atoms with Gasteiger partial charge in [-0.2, -0.15) is 0 Å². The zero-order valence-corrected chi connectivity index (χ0v) is 13.9. The van der Waals surface area contributed by atoms with Gasteiger partial charge in [-0.3, -0.25) is 0 Å². The van der Waals surface area contributed by atoms with Crippen LogP contribution in [-0.4, -0.2) is 29.6 Å². The third-order valence-electron chi connectivity index (χ3n) is 5.40. The Morgan fingerprint density at radius 2 is 2.10 bits per heavy atom. The molecule has 1 aromatic rings. The molecule has 1 saturated heterocycles. The molecule has 118 valence electrons. The Bertz CT molecular complexity index is 445. The minimum Gasteiger partial charge on any atom is -0.508 e. The second-order valence-electron chi connectivity index (χ2n) is 6.98. The number of benzene rings is 1. The molecule has 1 aromatic carbocycles. The van der Waals surface area contributed by atoms with Crippen LogP contribution in [0.1, 0.15) is 58.4 Å². The Balaban J connectivity index is 1.94. The molecular weight excluding hydrogens is 258 g/mol. The highest BCUT2D eigenvalue weighted by Gasteiger charge is 2.37. The summed E-state index contributed by atoms with van der Waals surface area (Å²) in [6, 6.07) is 7.86. The average Bonchev–Trinajstić information content (AvgIpc) is 2.47. The van der Waals surface area contributed by atoms with Crippen LogP contribution >= 0.6 is 0 Å². The van der Waals surface area contributed by atoms with Crippen LogP contribution < -0.4 is 0 Å². The van der Waals surface area contributed by atoms with E-state index < -0.39 is 0 Å². The molecule has 2 heteroatoms. The molecule has 0 aromatic heterocycles. The first-order valence-corrected chi connectivity index (χ1v) is 8.58. The first-order chi connectivity index (χ1) is 10.1. The summed E-state index contributed by atoms with van der Waals surface area (Å²) < 4.78 is 0. The van der Waals surface area contributed by atoms with E-state index in [1.54, 1.807) is 6.07 Å². The number of piperidine rings is 1. The van der Waals surface area contributed by atoms with Crippen LogP contribution in [0.25, 0.3) is 0 Å². The highest BCUT2D eigenvalue weighted by molar-refractivity contribution is 5.33. The molecule has 2 atom stereocenters. The lowest BCUT2D eigenvalue weighted by atomic mass is 9.68. The van der Waals surface area contributed by atoms with Crippen LogP contribution in [0.5, 0.6) is 5.75 Å². The normalized spacial score (nSPS) is 26.9. The SMILES string of the molecule is CCCCCCN1CCC(C)(c2cccc(O)c2)C(C)C1. The van der Waals surface area contributed by atoms with E-state index in [1.165, 1.54) is 57.3 Å². The number of likely N-dealkylation sites (tertiary alicyclic amines) is 1. The Kier molecular flexibility index (Phi) is 5.69. The minimum absolute atomic E-state index is 0.193. The van der Waals surface area contributed by atoms with Gasteiger partial charge in [0.25, 0.3) is 0 Å². The number of phenolic OH excluding ortho intramolecular Hbond substituents is 1. The second-order valence-corrected chi connectivity index (χ2v) is 6.98. The first-order valence-electron chi connectivity index (χ1n) is 8.58. The molecule has 2 nitrogen and oxygen atoms in total. The fourth-order valence-corrected chi connectivity index (χ4v) is 3.57. The van der Waals surface area contributed by atoms with Crippen molar-refractivity contribution in [3.05, 3.63) is 29.8 Å². The summed E-state index contributed by atoms with van der Waals surface area (Å²) in [5.41, 5.74) is 1.49. The van der Waals surface area contributed by atoms with E-state index in [4.69, 9.17) is 0 Å². The molecule has 2 unspecified atom stereocenters. The lowest BCUT2D eigenvalue weighted by molar-refractivity contribution is 0.109. The van der Waals surface area contributed by atoms with Gasteiger partial charge in [0.05, 0.1) is 0 Å². The van der Waals surface area contributed by atoms with Crippen LogP contribution in [0.3, 0.4) is 0 Å². The quantitative estimate of drug-likeness (QED) is 0.775. The number of hydrogen-bond acceptors (Lipinski definition) is 2. The van der Waals surface area contributed by atoms with E-state index in [1.807, 2.05) is 12.1 Å². The van der Waals surface area contributed by atoms with Crippen molar-refractivity contribution >= 4 is 0 Å². The maximum Gasteiger partial charge on any atom is 0.115 e. The number of rotatable bonds is 6. The fraction of sp³-hybridized carbons (Fsp3) is 0.684. The van der Waals surface area contributed by atoms with E-state index in [-0.39, 0.29) is 5.41 Å². The average molecular weight is 289 g/mol. The van der Waals surface area contributed by atoms with Crippen LogP contribution in [0.15, 0.2) is 24.3 Å². The van der Waals surface area contributed by atoms with Crippen molar-refractivity contribution in [2.45, 2.75) is 58.3 Å². The van der Waals surface area contributed by atoms with E-state index in [9.17, 15) is 5.11 Å². The summed E-state index contributed by atoms with van der Waals surface area (Å²) in [6.45, 7) is 10.6. The van der Waals surface area contributed by atoms with Crippen molar-refractivity contribution in [1.29, 1.82) is 0 Å². The number of aromatic hydroxyl groups is 1. The third kappa shape index (κ3) is 4.00. The van der Waals surface area contributed by atoms with Crippen LogP contribution in [0.4, 0.5) is 0 Å². The number of phenols is 1. The van der Waals surface area contributed by atoms with Crippen LogP contribution in [0, 0.1) is 5.92 Å². The molecule has 0 bridgehead atoms. The smallest absolute Gasteiger partial charge is 0.115 e. The predicted octanol–water partition coefficient (Wildman–Crippen LogP) is 4.57. The Morgan fingerprint density at radius 3 is 2.76 bits per heavy atom. The number of nitrogens with zero attached hydrogens (tertiary/aromatic N) is 1.